The van der Waals surface area contributed by atoms with E-state index in [2.05, 4.69) is 38.7 Å². The molecular formula is C27H42O3. The van der Waals surface area contributed by atoms with Crippen LogP contribution in [0.1, 0.15) is 85.5 Å². The molecule has 0 aromatic rings. The van der Waals surface area contributed by atoms with E-state index >= 15 is 0 Å². The molecular weight excluding hydrogens is 372 g/mol. The molecule has 3 heteroatoms. The van der Waals surface area contributed by atoms with Crippen LogP contribution >= 0.6 is 0 Å². The lowest BCUT2D eigenvalue weighted by Gasteiger charge is -2.42. The highest BCUT2D eigenvalue weighted by Crippen LogP contribution is 2.57. The maximum atomic E-state index is 10.1. The predicted octanol–water partition coefficient (Wildman–Crippen LogP) is 5.62. The van der Waals surface area contributed by atoms with Gasteiger partial charge < -0.3 is 15.3 Å². The molecule has 0 saturated heterocycles. The van der Waals surface area contributed by atoms with E-state index in [0.717, 1.165) is 43.3 Å². The first-order valence-corrected chi connectivity index (χ1v) is 11.9. The van der Waals surface area contributed by atoms with Gasteiger partial charge in [0.2, 0.25) is 0 Å². The van der Waals surface area contributed by atoms with Crippen molar-refractivity contribution in [2.45, 2.75) is 103 Å². The fourth-order valence-electron chi connectivity index (χ4n) is 6.08. The predicted molar refractivity (Wildman–Crippen MR) is 124 cm³/mol. The van der Waals surface area contributed by atoms with Gasteiger partial charge in [0.15, 0.2) is 0 Å². The molecule has 3 aliphatic carbocycles. The van der Waals surface area contributed by atoms with E-state index in [0.29, 0.717) is 24.7 Å². The lowest BCUT2D eigenvalue weighted by atomic mass is 9.62. The molecule has 0 amide bonds. The van der Waals surface area contributed by atoms with Crippen LogP contribution < -0.4 is 0 Å². The Labute approximate surface area is 183 Å². The summed E-state index contributed by atoms with van der Waals surface area (Å²) in [4.78, 5) is 0. The summed E-state index contributed by atoms with van der Waals surface area (Å²) in [6.45, 7) is 12.7. The SMILES string of the molecule is C=C1C(=CC=C2CCC[C@]3(C)C(C(C)CCCC(C)(C)O)=CCC23)CC(O)C[C@@H]1O. The first kappa shape index (κ1) is 23.5. The van der Waals surface area contributed by atoms with Gasteiger partial charge in [-0.15, -0.1) is 0 Å². The van der Waals surface area contributed by atoms with Crippen molar-refractivity contribution in [2.75, 3.05) is 0 Å². The second kappa shape index (κ2) is 9.14. The normalized spacial score (nSPS) is 36.2. The van der Waals surface area contributed by atoms with Gasteiger partial charge in [-0.2, -0.15) is 0 Å². The van der Waals surface area contributed by atoms with Crippen molar-refractivity contribution in [3.05, 3.63) is 47.1 Å². The molecule has 2 fully saturated rings. The van der Waals surface area contributed by atoms with E-state index in [1.165, 1.54) is 18.4 Å². The van der Waals surface area contributed by atoms with E-state index in [1.807, 2.05) is 13.8 Å². The van der Waals surface area contributed by atoms with E-state index < -0.39 is 17.8 Å². The van der Waals surface area contributed by atoms with E-state index in [1.54, 1.807) is 5.57 Å². The highest BCUT2D eigenvalue weighted by atomic mass is 16.3. The molecule has 3 rings (SSSR count). The van der Waals surface area contributed by atoms with Gasteiger partial charge in [0.1, 0.15) is 0 Å². The number of aliphatic hydroxyl groups is 3. The number of hydrogen-bond donors (Lipinski definition) is 3. The third kappa shape index (κ3) is 5.18. The Kier molecular flexibility index (Phi) is 7.16. The molecule has 0 aliphatic heterocycles. The zero-order valence-corrected chi connectivity index (χ0v) is 19.5. The van der Waals surface area contributed by atoms with Crippen LogP contribution in [0, 0.1) is 17.3 Å². The van der Waals surface area contributed by atoms with Gasteiger partial charge in [0.25, 0.3) is 0 Å². The zero-order chi connectivity index (χ0) is 22.1. The van der Waals surface area contributed by atoms with Gasteiger partial charge in [-0.05, 0) is 87.2 Å². The van der Waals surface area contributed by atoms with Crippen LogP contribution in [0.4, 0.5) is 0 Å². The average molecular weight is 415 g/mol. The average Bonchev–Trinajstić information content (AvgIpc) is 3.00. The number of hydrogen-bond acceptors (Lipinski definition) is 3. The molecule has 3 aliphatic rings. The van der Waals surface area contributed by atoms with E-state index in [4.69, 9.17) is 0 Å². The van der Waals surface area contributed by atoms with Crippen LogP contribution in [0.25, 0.3) is 0 Å². The fourth-order valence-corrected chi connectivity index (χ4v) is 6.08. The molecule has 2 saturated carbocycles. The molecule has 0 bridgehead atoms. The van der Waals surface area contributed by atoms with Crippen molar-refractivity contribution in [3.63, 3.8) is 0 Å². The molecule has 0 aromatic heterocycles. The summed E-state index contributed by atoms with van der Waals surface area (Å²) in [5.41, 5.74) is 4.55. The Balaban J connectivity index is 1.71. The summed E-state index contributed by atoms with van der Waals surface area (Å²) in [7, 11) is 0. The van der Waals surface area contributed by atoms with Crippen LogP contribution in [0.15, 0.2) is 47.1 Å². The van der Waals surface area contributed by atoms with Gasteiger partial charge in [-0.25, -0.2) is 0 Å². The fraction of sp³-hybridized carbons (Fsp3) is 0.704. The van der Waals surface area contributed by atoms with Crippen molar-refractivity contribution in [1.82, 2.24) is 0 Å². The molecule has 5 atom stereocenters. The summed E-state index contributed by atoms with van der Waals surface area (Å²) < 4.78 is 0. The molecule has 3 unspecified atom stereocenters. The number of aliphatic hydroxyl groups excluding tert-OH is 2. The summed E-state index contributed by atoms with van der Waals surface area (Å²) in [6.07, 6.45) is 14.5. The summed E-state index contributed by atoms with van der Waals surface area (Å²) in [6, 6.07) is 0. The molecule has 0 radical (unpaired) electrons. The monoisotopic (exact) mass is 414 g/mol. The lowest BCUT2D eigenvalue weighted by Crippen LogP contribution is -2.32. The van der Waals surface area contributed by atoms with Crippen molar-refractivity contribution in [3.8, 4) is 0 Å². The summed E-state index contributed by atoms with van der Waals surface area (Å²) in [5, 5.41) is 30.2. The molecule has 0 spiro atoms. The molecule has 168 valence electrons. The zero-order valence-electron chi connectivity index (χ0n) is 19.5. The minimum absolute atomic E-state index is 0.235. The van der Waals surface area contributed by atoms with E-state index in [9.17, 15) is 15.3 Å². The van der Waals surface area contributed by atoms with Crippen molar-refractivity contribution in [2.24, 2.45) is 17.3 Å². The minimum Gasteiger partial charge on any atom is -0.393 e. The lowest BCUT2D eigenvalue weighted by molar-refractivity contribution is 0.0670. The highest BCUT2D eigenvalue weighted by molar-refractivity contribution is 5.40. The number of fused-ring (bicyclic) bond motifs is 1. The molecule has 30 heavy (non-hydrogen) atoms. The topological polar surface area (TPSA) is 60.7 Å². The van der Waals surface area contributed by atoms with Gasteiger partial charge in [-0.3, -0.25) is 0 Å². The van der Waals surface area contributed by atoms with Crippen LogP contribution in [0.5, 0.6) is 0 Å². The summed E-state index contributed by atoms with van der Waals surface area (Å²) >= 11 is 0. The first-order chi connectivity index (χ1) is 14.0. The Morgan fingerprint density at radius 1 is 1.30 bits per heavy atom. The highest BCUT2D eigenvalue weighted by Gasteiger charge is 2.45. The number of allylic oxidation sites excluding steroid dienone is 5. The Morgan fingerprint density at radius 3 is 2.73 bits per heavy atom. The van der Waals surface area contributed by atoms with Gasteiger partial charge >= 0.3 is 0 Å². The van der Waals surface area contributed by atoms with Crippen molar-refractivity contribution in [1.29, 1.82) is 0 Å². The Bertz CT molecular complexity index is 736. The first-order valence-electron chi connectivity index (χ1n) is 11.9. The van der Waals surface area contributed by atoms with Crippen molar-refractivity contribution >= 4 is 0 Å². The largest absolute Gasteiger partial charge is 0.393 e. The van der Waals surface area contributed by atoms with Gasteiger partial charge in [0.05, 0.1) is 17.8 Å². The number of rotatable bonds is 6. The molecule has 0 aromatic carbocycles. The Hall–Kier alpha value is -1.16. The van der Waals surface area contributed by atoms with Crippen molar-refractivity contribution < 1.29 is 15.3 Å². The standard InChI is InChI=1S/C27H42O3/c1-18(8-6-14-26(3,4)30)23-12-13-24-20(9-7-15-27(23,24)5)10-11-21-16-22(28)17-25(29)19(21)2/h10-12,18,22,24-25,28-30H,2,6-9,13-17H2,1,3-5H3/t18?,22?,24?,25-,27+/m0/s1. The Morgan fingerprint density at radius 2 is 2.03 bits per heavy atom. The second-order valence-electron chi connectivity index (χ2n) is 10.9. The van der Waals surface area contributed by atoms with Gasteiger partial charge in [-0.1, -0.05) is 56.2 Å². The quantitative estimate of drug-likeness (QED) is 0.494. The third-order valence-electron chi connectivity index (χ3n) is 7.83. The van der Waals surface area contributed by atoms with E-state index in [-0.39, 0.29) is 5.41 Å². The second-order valence-corrected chi connectivity index (χ2v) is 10.9. The maximum absolute atomic E-state index is 10.1. The van der Waals surface area contributed by atoms with Crippen LogP contribution in [-0.4, -0.2) is 33.1 Å². The molecule has 3 nitrogen and oxygen atoms in total. The third-order valence-corrected chi connectivity index (χ3v) is 7.83. The molecule has 3 N–H and O–H groups in total. The molecule has 0 heterocycles. The van der Waals surface area contributed by atoms with Gasteiger partial charge in [0, 0.05) is 6.42 Å². The van der Waals surface area contributed by atoms with Crippen LogP contribution in [-0.2, 0) is 0 Å². The van der Waals surface area contributed by atoms with Crippen LogP contribution in [0.2, 0.25) is 0 Å². The smallest absolute Gasteiger partial charge is 0.0811 e. The van der Waals surface area contributed by atoms with Crippen LogP contribution in [0.3, 0.4) is 0 Å². The minimum atomic E-state index is -0.625. The maximum Gasteiger partial charge on any atom is 0.0811 e. The summed E-state index contributed by atoms with van der Waals surface area (Å²) in [5.74, 6) is 1.12.